The van der Waals surface area contributed by atoms with Crippen molar-refractivity contribution in [3.05, 3.63) is 77.9 Å². The summed E-state index contributed by atoms with van der Waals surface area (Å²) in [6.07, 6.45) is 0. The van der Waals surface area contributed by atoms with Crippen LogP contribution < -0.4 is 24.8 Å². The van der Waals surface area contributed by atoms with E-state index in [4.69, 9.17) is 14.2 Å². The first-order valence-electron chi connectivity index (χ1n) is 10.0. The van der Waals surface area contributed by atoms with Crippen LogP contribution in [0.5, 0.6) is 17.2 Å². The van der Waals surface area contributed by atoms with E-state index in [1.54, 1.807) is 24.3 Å². The van der Waals surface area contributed by atoms with Crippen LogP contribution in [0, 0.1) is 0 Å². The molecule has 2 N–H and O–H groups in total. The quantitative estimate of drug-likeness (QED) is 0.539. The number of nitrogens with one attached hydrogen (secondary N) is 2. The molecule has 0 fully saturated rings. The van der Waals surface area contributed by atoms with Gasteiger partial charge in [0.05, 0.1) is 27.9 Å². The maximum atomic E-state index is 12.4. The van der Waals surface area contributed by atoms with Crippen molar-refractivity contribution in [2.45, 2.75) is 6.54 Å². The van der Waals surface area contributed by atoms with E-state index >= 15 is 0 Å². The number of methoxy groups -OCH3 is 3. The Morgan fingerprint density at radius 2 is 1.34 bits per heavy atom. The molecule has 0 aliphatic heterocycles. The molecular weight excluding hydrogens is 408 g/mol. The zero-order valence-corrected chi connectivity index (χ0v) is 18.3. The van der Waals surface area contributed by atoms with Gasteiger partial charge in [-0.25, -0.2) is 0 Å². The van der Waals surface area contributed by atoms with Crippen molar-refractivity contribution in [2.75, 3.05) is 27.9 Å². The Morgan fingerprint density at radius 1 is 0.750 bits per heavy atom. The Balaban J connectivity index is 1.53. The van der Waals surface area contributed by atoms with E-state index in [2.05, 4.69) is 10.6 Å². The minimum absolute atomic E-state index is 0.135. The van der Waals surface area contributed by atoms with Gasteiger partial charge in [-0.3, -0.25) is 9.59 Å². The molecular formula is C25H26N2O5. The average Bonchev–Trinajstić information content (AvgIpc) is 2.85. The lowest BCUT2D eigenvalue weighted by Gasteiger charge is -2.14. The van der Waals surface area contributed by atoms with E-state index in [0.717, 1.165) is 16.7 Å². The van der Waals surface area contributed by atoms with Gasteiger partial charge in [-0.2, -0.15) is 0 Å². The normalized spacial score (nSPS) is 10.2. The molecule has 0 saturated carbocycles. The molecule has 3 aromatic rings. The molecule has 2 amide bonds. The van der Waals surface area contributed by atoms with Gasteiger partial charge in [0.1, 0.15) is 0 Å². The number of carbonyl (C=O) groups excluding carboxylic acids is 2. The number of amides is 2. The SMILES string of the molecule is COc1cc(CNC(=O)CNC(=O)c2ccc(-c3ccccc3)cc2)cc(OC)c1OC. The van der Waals surface area contributed by atoms with Crippen molar-refractivity contribution in [2.24, 2.45) is 0 Å². The monoisotopic (exact) mass is 434 g/mol. The molecule has 3 aromatic carbocycles. The van der Waals surface area contributed by atoms with Gasteiger partial charge in [-0.1, -0.05) is 42.5 Å². The largest absolute Gasteiger partial charge is 0.493 e. The molecule has 0 saturated heterocycles. The van der Waals surface area contributed by atoms with Crippen molar-refractivity contribution in [3.63, 3.8) is 0 Å². The van der Waals surface area contributed by atoms with E-state index in [0.29, 0.717) is 22.8 Å². The highest BCUT2D eigenvalue weighted by atomic mass is 16.5. The van der Waals surface area contributed by atoms with Crippen molar-refractivity contribution in [1.82, 2.24) is 10.6 Å². The van der Waals surface area contributed by atoms with E-state index in [1.165, 1.54) is 21.3 Å². The van der Waals surface area contributed by atoms with Crippen molar-refractivity contribution in [1.29, 1.82) is 0 Å². The lowest BCUT2D eigenvalue weighted by Crippen LogP contribution is -2.36. The fourth-order valence-corrected chi connectivity index (χ4v) is 3.21. The molecule has 0 bridgehead atoms. The summed E-state index contributed by atoms with van der Waals surface area (Å²) in [7, 11) is 4.59. The smallest absolute Gasteiger partial charge is 0.251 e. The molecule has 32 heavy (non-hydrogen) atoms. The van der Waals surface area contributed by atoms with Crippen LogP contribution >= 0.6 is 0 Å². The van der Waals surface area contributed by atoms with Crippen molar-refractivity contribution < 1.29 is 23.8 Å². The second-order valence-electron chi connectivity index (χ2n) is 6.94. The third-order valence-electron chi connectivity index (χ3n) is 4.88. The number of hydrogen-bond acceptors (Lipinski definition) is 5. The number of ether oxygens (including phenoxy) is 3. The highest BCUT2D eigenvalue weighted by molar-refractivity contribution is 5.96. The third kappa shape index (κ3) is 5.57. The minimum Gasteiger partial charge on any atom is -0.493 e. The van der Waals surface area contributed by atoms with Gasteiger partial charge in [-0.05, 0) is 41.0 Å². The maximum Gasteiger partial charge on any atom is 0.251 e. The summed E-state index contributed by atoms with van der Waals surface area (Å²) in [5.41, 5.74) is 3.36. The van der Waals surface area contributed by atoms with Crippen LogP contribution in [-0.2, 0) is 11.3 Å². The summed E-state index contributed by atoms with van der Waals surface area (Å²) in [6, 6.07) is 20.7. The lowest BCUT2D eigenvalue weighted by molar-refractivity contribution is -0.120. The standard InChI is InChI=1S/C25H26N2O5/c1-30-21-13-17(14-22(31-2)24(21)32-3)15-26-23(28)16-27-25(29)20-11-9-19(10-12-20)18-7-5-4-6-8-18/h4-14H,15-16H2,1-3H3,(H,26,28)(H,27,29). The molecule has 0 atom stereocenters. The van der Waals surface area contributed by atoms with Crippen LogP contribution in [0.4, 0.5) is 0 Å². The highest BCUT2D eigenvalue weighted by Crippen LogP contribution is 2.38. The Bertz CT molecular complexity index is 1040. The summed E-state index contributed by atoms with van der Waals surface area (Å²) in [4.78, 5) is 24.6. The fourth-order valence-electron chi connectivity index (χ4n) is 3.21. The van der Waals surface area contributed by atoms with Gasteiger partial charge in [0.25, 0.3) is 5.91 Å². The Labute approximate surface area is 187 Å². The van der Waals surface area contributed by atoms with Gasteiger partial charge in [0, 0.05) is 12.1 Å². The maximum absolute atomic E-state index is 12.4. The zero-order valence-electron chi connectivity index (χ0n) is 18.3. The summed E-state index contributed by atoms with van der Waals surface area (Å²) in [6.45, 7) is 0.112. The van der Waals surface area contributed by atoms with Crippen molar-refractivity contribution >= 4 is 11.8 Å². The van der Waals surface area contributed by atoms with E-state index in [-0.39, 0.29) is 24.9 Å². The topological polar surface area (TPSA) is 85.9 Å². The van der Waals surface area contributed by atoms with Gasteiger partial charge >= 0.3 is 0 Å². The van der Waals surface area contributed by atoms with E-state index < -0.39 is 0 Å². The molecule has 3 rings (SSSR count). The van der Waals surface area contributed by atoms with Crippen LogP contribution in [0.2, 0.25) is 0 Å². The summed E-state index contributed by atoms with van der Waals surface area (Å²) in [5.74, 6) is 0.864. The summed E-state index contributed by atoms with van der Waals surface area (Å²) < 4.78 is 15.9. The molecule has 0 radical (unpaired) electrons. The zero-order chi connectivity index (χ0) is 22.9. The molecule has 0 aliphatic carbocycles. The molecule has 0 unspecified atom stereocenters. The lowest BCUT2D eigenvalue weighted by atomic mass is 10.0. The molecule has 0 aliphatic rings. The molecule has 0 aromatic heterocycles. The summed E-state index contributed by atoms with van der Waals surface area (Å²) in [5, 5.41) is 5.41. The van der Waals surface area contributed by atoms with Crippen LogP contribution in [0.25, 0.3) is 11.1 Å². The predicted molar refractivity (Wildman–Crippen MR) is 122 cm³/mol. The van der Waals surface area contributed by atoms with Crippen LogP contribution in [0.1, 0.15) is 15.9 Å². The minimum atomic E-state index is -0.312. The first kappa shape index (κ1) is 22.7. The predicted octanol–water partition coefficient (Wildman–Crippen LogP) is 3.43. The third-order valence-corrected chi connectivity index (χ3v) is 4.88. The van der Waals surface area contributed by atoms with Crippen molar-refractivity contribution in [3.8, 4) is 28.4 Å². The molecule has 0 heterocycles. The van der Waals surface area contributed by atoms with Crippen LogP contribution in [0.15, 0.2) is 66.7 Å². The van der Waals surface area contributed by atoms with E-state index in [9.17, 15) is 9.59 Å². The van der Waals surface area contributed by atoms with Gasteiger partial charge in [-0.15, -0.1) is 0 Å². The second-order valence-corrected chi connectivity index (χ2v) is 6.94. The van der Waals surface area contributed by atoms with Crippen LogP contribution in [0.3, 0.4) is 0 Å². The molecule has 7 nitrogen and oxygen atoms in total. The average molecular weight is 434 g/mol. The van der Waals surface area contributed by atoms with E-state index in [1.807, 2.05) is 42.5 Å². The second kappa shape index (κ2) is 10.9. The first-order valence-corrected chi connectivity index (χ1v) is 10.0. The Hall–Kier alpha value is -4.00. The molecule has 166 valence electrons. The van der Waals surface area contributed by atoms with Gasteiger partial charge in [0.15, 0.2) is 11.5 Å². The van der Waals surface area contributed by atoms with Crippen LogP contribution in [-0.4, -0.2) is 39.7 Å². The number of benzene rings is 3. The Morgan fingerprint density at radius 3 is 1.91 bits per heavy atom. The molecule has 7 heteroatoms. The number of hydrogen-bond donors (Lipinski definition) is 2. The van der Waals surface area contributed by atoms with Gasteiger partial charge < -0.3 is 24.8 Å². The fraction of sp³-hybridized carbons (Fsp3) is 0.200. The van der Waals surface area contributed by atoms with Gasteiger partial charge in [0.2, 0.25) is 11.7 Å². The highest BCUT2D eigenvalue weighted by Gasteiger charge is 2.14. The number of carbonyl (C=O) groups is 2. The molecule has 0 spiro atoms. The number of rotatable bonds is 9. The first-order chi connectivity index (χ1) is 15.5. The summed E-state index contributed by atoms with van der Waals surface area (Å²) >= 11 is 0. The Kier molecular flexibility index (Phi) is 7.70.